The molecule has 0 saturated carbocycles. The van der Waals surface area contributed by atoms with Crippen LogP contribution in [0.1, 0.15) is 40.0 Å². The molecule has 2 N–H and O–H groups in total. The van der Waals surface area contributed by atoms with Crippen molar-refractivity contribution in [2.75, 3.05) is 13.2 Å². The fraction of sp³-hybridized carbons (Fsp3) is 0.917. The van der Waals surface area contributed by atoms with E-state index in [0.717, 1.165) is 10.5 Å². The molecule has 0 fully saturated rings. The van der Waals surface area contributed by atoms with Gasteiger partial charge in [-0.3, -0.25) is 0 Å². The van der Waals surface area contributed by atoms with Crippen LogP contribution in [0.2, 0.25) is 0 Å². The molecule has 0 aliphatic carbocycles. The first-order chi connectivity index (χ1) is 7.62. The molecule has 1 heterocycles. The smallest absolute Gasteiger partial charge is 0.178 e. The fourth-order valence-electron chi connectivity index (χ4n) is 3.19. The van der Waals surface area contributed by atoms with E-state index < -0.39 is 5.54 Å². The van der Waals surface area contributed by atoms with E-state index in [-0.39, 0.29) is 25.0 Å². The van der Waals surface area contributed by atoms with Crippen molar-refractivity contribution < 1.29 is 15.0 Å². The minimum atomic E-state index is -0.520. The first-order valence-corrected chi connectivity index (χ1v) is 6.17. The zero-order valence-electron chi connectivity index (χ0n) is 10.4. The third-order valence-corrected chi connectivity index (χ3v) is 4.25. The topological polar surface area (TPSA) is 66.5 Å². The highest BCUT2D eigenvalue weighted by Gasteiger charge is 2.55. The lowest BCUT2D eigenvalue weighted by atomic mass is 9.75. The summed E-state index contributed by atoms with van der Waals surface area (Å²) in [7, 11) is 0. The predicted octanol–water partition coefficient (Wildman–Crippen LogP) is 1.14. The normalized spacial score (nSPS) is 28.8. The minimum absolute atomic E-state index is 0.0326. The fourth-order valence-corrected chi connectivity index (χ4v) is 3.19. The van der Waals surface area contributed by atoms with Gasteiger partial charge in [-0.15, -0.1) is 0 Å². The van der Waals surface area contributed by atoms with Crippen LogP contribution in [0.3, 0.4) is 0 Å². The zero-order valence-corrected chi connectivity index (χ0v) is 10.4. The number of nitrogens with zero attached hydrogens (tertiary/aromatic N) is 1. The maximum atomic E-state index is 12.3. The monoisotopic (exact) mass is 229 g/mol. The number of aliphatic hydroxyl groups is 2. The predicted molar refractivity (Wildman–Crippen MR) is 63.4 cm³/mol. The van der Waals surface area contributed by atoms with Gasteiger partial charge in [-0.2, -0.15) is 0 Å². The minimum Gasteiger partial charge on any atom is -0.623 e. The third-order valence-electron chi connectivity index (χ3n) is 4.25. The number of rotatable bonds is 5. The molecular formula is C12H23NO3. The Labute approximate surface area is 97.2 Å². The Morgan fingerprint density at radius 3 is 2.06 bits per heavy atom. The van der Waals surface area contributed by atoms with Gasteiger partial charge in [-0.25, -0.2) is 4.74 Å². The van der Waals surface area contributed by atoms with Crippen LogP contribution in [-0.2, 0) is 0 Å². The molecule has 0 bridgehead atoms. The maximum Gasteiger partial charge on any atom is 0.178 e. The van der Waals surface area contributed by atoms with Gasteiger partial charge in [0.1, 0.15) is 0 Å². The summed E-state index contributed by atoms with van der Waals surface area (Å²) in [5.41, 5.74) is 0.221. The van der Waals surface area contributed by atoms with E-state index in [2.05, 4.69) is 0 Å². The molecule has 0 aromatic rings. The van der Waals surface area contributed by atoms with Crippen molar-refractivity contribution in [1.82, 2.24) is 0 Å². The number of aliphatic hydroxyl groups excluding tert-OH is 2. The van der Waals surface area contributed by atoms with Crippen molar-refractivity contribution in [2.24, 2.45) is 11.8 Å². The lowest BCUT2D eigenvalue weighted by Gasteiger charge is -2.31. The molecule has 0 unspecified atom stereocenters. The molecular weight excluding hydrogens is 206 g/mol. The van der Waals surface area contributed by atoms with Crippen molar-refractivity contribution in [1.29, 1.82) is 0 Å². The van der Waals surface area contributed by atoms with Gasteiger partial charge in [0, 0.05) is 19.3 Å². The van der Waals surface area contributed by atoms with Crippen LogP contribution in [0, 0.1) is 17.0 Å². The summed E-state index contributed by atoms with van der Waals surface area (Å²) in [6, 6.07) is 0. The van der Waals surface area contributed by atoms with Crippen LogP contribution >= 0.6 is 0 Å². The molecule has 0 spiro atoms. The number of hydroxylamine groups is 1. The molecule has 0 amide bonds. The summed E-state index contributed by atoms with van der Waals surface area (Å²) in [4.78, 5) is 0. The highest BCUT2D eigenvalue weighted by atomic mass is 16.5. The van der Waals surface area contributed by atoms with E-state index >= 15 is 0 Å². The second-order valence-electron chi connectivity index (χ2n) is 4.53. The Morgan fingerprint density at radius 2 is 1.75 bits per heavy atom. The van der Waals surface area contributed by atoms with Crippen LogP contribution in [0.5, 0.6) is 0 Å². The van der Waals surface area contributed by atoms with Gasteiger partial charge >= 0.3 is 0 Å². The molecule has 4 heteroatoms. The summed E-state index contributed by atoms with van der Waals surface area (Å²) >= 11 is 0. The van der Waals surface area contributed by atoms with Crippen molar-refractivity contribution >= 4 is 5.71 Å². The Morgan fingerprint density at radius 1 is 1.19 bits per heavy atom. The summed E-state index contributed by atoms with van der Waals surface area (Å²) in [6.45, 7) is 5.80. The molecule has 0 aromatic carbocycles. The molecule has 0 aromatic heterocycles. The molecule has 2 atom stereocenters. The standard InChI is InChI=1S/C12H23NO3/c1-4-11-9(7-14)10(8-15)12(5-2,6-3)13(11)16/h9-10,14-15H,4-8H2,1-3H3/t9-,10-/m1/s1. The molecule has 0 radical (unpaired) electrons. The highest BCUT2D eigenvalue weighted by molar-refractivity contribution is 5.84. The highest BCUT2D eigenvalue weighted by Crippen LogP contribution is 2.40. The van der Waals surface area contributed by atoms with Gasteiger partial charge in [-0.05, 0) is 0 Å². The first kappa shape index (κ1) is 13.5. The zero-order chi connectivity index (χ0) is 12.3. The van der Waals surface area contributed by atoms with Crippen LogP contribution in [0.4, 0.5) is 0 Å². The van der Waals surface area contributed by atoms with Crippen molar-refractivity contribution in [3.05, 3.63) is 5.21 Å². The molecule has 4 nitrogen and oxygen atoms in total. The summed E-state index contributed by atoms with van der Waals surface area (Å²) in [6.07, 6.45) is 2.06. The lowest BCUT2D eigenvalue weighted by molar-refractivity contribution is -0.553. The third kappa shape index (κ3) is 1.64. The number of hydrogen-bond donors (Lipinski definition) is 2. The Kier molecular flexibility index (Phi) is 4.33. The van der Waals surface area contributed by atoms with Gasteiger partial charge in [0.15, 0.2) is 11.3 Å². The van der Waals surface area contributed by atoms with Crippen LogP contribution < -0.4 is 0 Å². The molecule has 1 rings (SSSR count). The van der Waals surface area contributed by atoms with E-state index in [1.807, 2.05) is 20.8 Å². The van der Waals surface area contributed by atoms with E-state index in [0.29, 0.717) is 19.3 Å². The molecule has 0 saturated heterocycles. The van der Waals surface area contributed by atoms with Gasteiger partial charge in [0.2, 0.25) is 0 Å². The average Bonchev–Trinajstić information content (AvgIpc) is 2.56. The van der Waals surface area contributed by atoms with Crippen molar-refractivity contribution in [3.8, 4) is 0 Å². The second-order valence-corrected chi connectivity index (χ2v) is 4.53. The lowest BCUT2D eigenvalue weighted by Crippen LogP contribution is -2.44. The summed E-state index contributed by atoms with van der Waals surface area (Å²) in [5, 5.41) is 31.2. The van der Waals surface area contributed by atoms with Crippen molar-refractivity contribution in [2.45, 2.75) is 45.6 Å². The Bertz CT molecular complexity index is 271. The second kappa shape index (κ2) is 5.15. The number of hydrogen-bond acceptors (Lipinski definition) is 3. The van der Waals surface area contributed by atoms with E-state index in [4.69, 9.17) is 0 Å². The van der Waals surface area contributed by atoms with E-state index in [1.54, 1.807) is 0 Å². The molecule has 1 aliphatic heterocycles. The molecule has 1 aliphatic rings. The summed E-state index contributed by atoms with van der Waals surface area (Å²) in [5.74, 6) is -0.313. The largest absolute Gasteiger partial charge is 0.623 e. The van der Waals surface area contributed by atoms with Crippen LogP contribution in [0.15, 0.2) is 0 Å². The summed E-state index contributed by atoms with van der Waals surface area (Å²) < 4.78 is 1.08. The van der Waals surface area contributed by atoms with Gasteiger partial charge < -0.3 is 15.4 Å². The van der Waals surface area contributed by atoms with Crippen LogP contribution in [-0.4, -0.2) is 39.4 Å². The Balaban J connectivity index is 3.21. The van der Waals surface area contributed by atoms with Gasteiger partial charge in [0.05, 0.1) is 25.0 Å². The first-order valence-electron chi connectivity index (χ1n) is 6.17. The van der Waals surface area contributed by atoms with Crippen molar-refractivity contribution in [3.63, 3.8) is 0 Å². The van der Waals surface area contributed by atoms with Crippen LogP contribution in [0.25, 0.3) is 0 Å². The molecule has 16 heavy (non-hydrogen) atoms. The average molecular weight is 229 g/mol. The maximum absolute atomic E-state index is 12.3. The van der Waals surface area contributed by atoms with Gasteiger partial charge in [-0.1, -0.05) is 20.8 Å². The van der Waals surface area contributed by atoms with E-state index in [1.165, 1.54) is 0 Å². The van der Waals surface area contributed by atoms with E-state index in [9.17, 15) is 15.4 Å². The Hall–Kier alpha value is -0.610. The van der Waals surface area contributed by atoms with Gasteiger partial charge in [0.25, 0.3) is 0 Å². The SMILES string of the molecule is CCC1=[N+]([O-])C(CC)(CC)[C@H](CO)[C@H]1CO. The molecule has 94 valence electrons. The quantitative estimate of drug-likeness (QED) is 0.548.